The van der Waals surface area contributed by atoms with E-state index in [0.29, 0.717) is 26.2 Å². The number of nitrogens with zero attached hydrogens (tertiary/aromatic N) is 4. The van der Waals surface area contributed by atoms with E-state index in [1.54, 1.807) is 17.9 Å². The molecule has 28 heavy (non-hydrogen) atoms. The van der Waals surface area contributed by atoms with Gasteiger partial charge >= 0.3 is 0 Å². The van der Waals surface area contributed by atoms with E-state index in [1.807, 2.05) is 13.2 Å². The molecule has 7 nitrogen and oxygen atoms in total. The van der Waals surface area contributed by atoms with Gasteiger partial charge in [0.15, 0.2) is 17.5 Å². The van der Waals surface area contributed by atoms with Gasteiger partial charge in [-0.3, -0.25) is 9.67 Å². The minimum absolute atomic E-state index is 0. The molecule has 0 bridgehead atoms. The first-order valence-electron chi connectivity index (χ1n) is 8.70. The zero-order valence-electron chi connectivity index (χ0n) is 15.8. The summed E-state index contributed by atoms with van der Waals surface area (Å²) in [5.41, 5.74) is 1.02. The third-order valence-corrected chi connectivity index (χ3v) is 4.21. The van der Waals surface area contributed by atoms with Gasteiger partial charge < -0.3 is 19.7 Å². The largest absolute Gasteiger partial charge is 0.489 e. The quantitative estimate of drug-likeness (QED) is 0.292. The van der Waals surface area contributed by atoms with E-state index in [2.05, 4.69) is 20.3 Å². The van der Waals surface area contributed by atoms with Gasteiger partial charge in [-0.05, 0) is 12.1 Å². The van der Waals surface area contributed by atoms with Crippen LogP contribution in [0.3, 0.4) is 0 Å². The third-order valence-electron chi connectivity index (χ3n) is 4.21. The number of hydrogen-bond donors (Lipinski definition) is 1. The van der Waals surface area contributed by atoms with Crippen LogP contribution in [0, 0.1) is 11.6 Å². The Labute approximate surface area is 179 Å². The average Bonchev–Trinajstić information content (AvgIpc) is 3.10. The number of rotatable bonds is 5. The third kappa shape index (κ3) is 5.77. The van der Waals surface area contributed by atoms with Gasteiger partial charge in [-0.1, -0.05) is 0 Å². The van der Waals surface area contributed by atoms with Crippen LogP contribution in [0.2, 0.25) is 0 Å². The van der Waals surface area contributed by atoms with Gasteiger partial charge in [0.25, 0.3) is 0 Å². The standard InChI is InChI=1S/C18H23F2N5O2.HI/c1-21-18(22-5-7-26-16-4-3-14(19)9-15(16)20)25-6-8-27-17(12-25)13-10-23-24(2)11-13;/h3-4,9-11,17H,5-8,12H2,1-2H3,(H,21,22);1H. The van der Waals surface area contributed by atoms with E-state index in [9.17, 15) is 8.78 Å². The molecule has 1 aromatic heterocycles. The number of guanidine groups is 1. The molecule has 3 rings (SSSR count). The molecule has 1 aliphatic heterocycles. The Morgan fingerprint density at radius 2 is 2.25 bits per heavy atom. The first kappa shape index (κ1) is 22.3. The summed E-state index contributed by atoms with van der Waals surface area (Å²) in [6, 6.07) is 3.24. The normalized spacial score (nSPS) is 17.2. The summed E-state index contributed by atoms with van der Waals surface area (Å²) >= 11 is 0. The molecule has 1 atom stereocenters. The Balaban J connectivity index is 0.00000280. The molecule has 1 saturated heterocycles. The first-order chi connectivity index (χ1) is 13.1. The molecule has 10 heteroatoms. The van der Waals surface area contributed by atoms with Crippen molar-refractivity contribution in [1.82, 2.24) is 20.0 Å². The molecular formula is C18H24F2IN5O2. The fourth-order valence-corrected chi connectivity index (χ4v) is 2.90. The van der Waals surface area contributed by atoms with Crippen LogP contribution in [-0.2, 0) is 11.8 Å². The molecule has 0 saturated carbocycles. The van der Waals surface area contributed by atoms with Crippen molar-refractivity contribution in [2.75, 3.05) is 39.9 Å². The fraction of sp³-hybridized carbons (Fsp3) is 0.444. The average molecular weight is 507 g/mol. The summed E-state index contributed by atoms with van der Waals surface area (Å²) < 4.78 is 39.4. The summed E-state index contributed by atoms with van der Waals surface area (Å²) in [5, 5.41) is 7.38. The molecule has 1 unspecified atom stereocenters. The van der Waals surface area contributed by atoms with Crippen LogP contribution in [0.15, 0.2) is 35.6 Å². The number of halogens is 3. The van der Waals surface area contributed by atoms with Crippen molar-refractivity contribution in [3.8, 4) is 5.75 Å². The maximum Gasteiger partial charge on any atom is 0.193 e. The Kier molecular flexibility index (Phi) is 8.42. The highest BCUT2D eigenvalue weighted by Crippen LogP contribution is 2.21. The van der Waals surface area contributed by atoms with E-state index in [0.717, 1.165) is 23.7 Å². The van der Waals surface area contributed by atoms with Gasteiger partial charge in [0.1, 0.15) is 18.5 Å². The highest BCUT2D eigenvalue weighted by Gasteiger charge is 2.25. The Bertz CT molecular complexity index is 802. The molecule has 1 fully saturated rings. The van der Waals surface area contributed by atoms with E-state index in [1.165, 1.54) is 6.07 Å². The second-order valence-electron chi connectivity index (χ2n) is 6.15. The van der Waals surface area contributed by atoms with Crippen molar-refractivity contribution in [3.05, 3.63) is 47.8 Å². The minimum atomic E-state index is -0.716. The van der Waals surface area contributed by atoms with Crippen LogP contribution in [0.4, 0.5) is 8.78 Å². The maximum absolute atomic E-state index is 13.6. The second-order valence-corrected chi connectivity index (χ2v) is 6.15. The van der Waals surface area contributed by atoms with Crippen LogP contribution in [-0.4, -0.2) is 60.5 Å². The topological polar surface area (TPSA) is 63.9 Å². The van der Waals surface area contributed by atoms with Gasteiger partial charge in [-0.15, -0.1) is 24.0 Å². The molecule has 2 heterocycles. The van der Waals surface area contributed by atoms with Gasteiger partial charge in [-0.2, -0.15) is 5.10 Å². The first-order valence-corrected chi connectivity index (χ1v) is 8.70. The van der Waals surface area contributed by atoms with Crippen molar-refractivity contribution < 1.29 is 18.3 Å². The lowest BCUT2D eigenvalue weighted by atomic mass is 10.1. The maximum atomic E-state index is 13.6. The SMILES string of the molecule is CN=C(NCCOc1ccc(F)cc1F)N1CCOC(c2cnn(C)c2)C1.I. The Morgan fingerprint density at radius 1 is 1.43 bits per heavy atom. The van der Waals surface area contributed by atoms with Crippen LogP contribution >= 0.6 is 24.0 Å². The second kappa shape index (κ2) is 10.6. The highest BCUT2D eigenvalue weighted by molar-refractivity contribution is 14.0. The van der Waals surface area contributed by atoms with Gasteiger partial charge in [0.2, 0.25) is 0 Å². The summed E-state index contributed by atoms with van der Waals surface area (Å²) in [7, 11) is 3.58. The summed E-state index contributed by atoms with van der Waals surface area (Å²) in [6.07, 6.45) is 3.67. The lowest BCUT2D eigenvalue weighted by Crippen LogP contribution is -2.48. The molecule has 0 aliphatic carbocycles. The number of benzene rings is 1. The van der Waals surface area contributed by atoms with Crippen LogP contribution in [0.25, 0.3) is 0 Å². The highest BCUT2D eigenvalue weighted by atomic mass is 127. The van der Waals surface area contributed by atoms with Crippen molar-refractivity contribution in [1.29, 1.82) is 0 Å². The number of morpholine rings is 1. The van der Waals surface area contributed by atoms with Crippen molar-refractivity contribution in [2.45, 2.75) is 6.10 Å². The van der Waals surface area contributed by atoms with Crippen molar-refractivity contribution >= 4 is 29.9 Å². The molecule has 0 spiro atoms. The predicted molar refractivity (Wildman–Crippen MR) is 112 cm³/mol. The predicted octanol–water partition coefficient (Wildman–Crippen LogP) is 2.34. The van der Waals surface area contributed by atoms with Crippen LogP contribution in [0.1, 0.15) is 11.7 Å². The van der Waals surface area contributed by atoms with E-state index >= 15 is 0 Å². The van der Waals surface area contributed by atoms with E-state index in [4.69, 9.17) is 9.47 Å². The molecule has 1 aliphatic rings. The monoisotopic (exact) mass is 507 g/mol. The number of nitrogens with one attached hydrogen (secondary N) is 1. The molecule has 154 valence electrons. The number of hydrogen-bond acceptors (Lipinski definition) is 4. The number of aromatic nitrogens is 2. The summed E-state index contributed by atoms with van der Waals surface area (Å²) in [4.78, 5) is 6.39. The molecular weight excluding hydrogens is 483 g/mol. The van der Waals surface area contributed by atoms with Crippen molar-refractivity contribution in [3.63, 3.8) is 0 Å². The number of aliphatic imine (C=N–C) groups is 1. The molecule has 2 aromatic rings. The molecule has 1 aromatic carbocycles. The smallest absolute Gasteiger partial charge is 0.193 e. The Hall–Kier alpha value is -1.95. The molecule has 0 radical (unpaired) electrons. The van der Waals surface area contributed by atoms with Gasteiger partial charge in [0, 0.05) is 38.5 Å². The van der Waals surface area contributed by atoms with Crippen LogP contribution in [0.5, 0.6) is 5.75 Å². The Morgan fingerprint density at radius 3 is 2.93 bits per heavy atom. The van der Waals surface area contributed by atoms with Gasteiger partial charge in [-0.25, -0.2) is 8.78 Å². The molecule has 0 amide bonds. The fourth-order valence-electron chi connectivity index (χ4n) is 2.90. The van der Waals surface area contributed by atoms with E-state index in [-0.39, 0.29) is 42.4 Å². The lowest BCUT2D eigenvalue weighted by molar-refractivity contribution is -0.00806. The van der Waals surface area contributed by atoms with E-state index < -0.39 is 11.6 Å². The minimum Gasteiger partial charge on any atom is -0.489 e. The summed E-state index contributed by atoms with van der Waals surface area (Å²) in [5.74, 6) is -0.604. The lowest BCUT2D eigenvalue weighted by Gasteiger charge is -2.34. The number of ether oxygens (including phenoxy) is 2. The number of aryl methyl sites for hydroxylation is 1. The zero-order valence-corrected chi connectivity index (χ0v) is 18.1. The van der Waals surface area contributed by atoms with Gasteiger partial charge in [0.05, 0.1) is 25.9 Å². The molecule has 1 N–H and O–H groups in total. The van der Waals surface area contributed by atoms with Crippen molar-refractivity contribution in [2.24, 2.45) is 12.0 Å². The zero-order chi connectivity index (χ0) is 19.2. The summed E-state index contributed by atoms with van der Waals surface area (Å²) in [6.45, 7) is 2.59. The van der Waals surface area contributed by atoms with Crippen LogP contribution < -0.4 is 10.1 Å².